The third kappa shape index (κ3) is 6.17. The van der Waals surface area contributed by atoms with Crippen molar-refractivity contribution in [3.8, 4) is 11.5 Å². The van der Waals surface area contributed by atoms with Gasteiger partial charge in [-0.25, -0.2) is 0 Å². The normalized spacial score (nSPS) is 12.2. The zero-order valence-corrected chi connectivity index (χ0v) is 12.3. The average Bonchev–Trinajstić information content (AvgIpc) is 2.42. The van der Waals surface area contributed by atoms with E-state index in [0.29, 0.717) is 12.6 Å². The lowest BCUT2D eigenvalue weighted by atomic mass is 10.3. The maximum absolute atomic E-state index is 5.64. The van der Waals surface area contributed by atoms with Gasteiger partial charge in [-0.05, 0) is 36.9 Å². The SMILES string of the molecule is CCSCC(C)NCCOc1ccc(OC)cc1. The zero-order chi connectivity index (χ0) is 13.2. The Hall–Kier alpha value is -0.870. The fourth-order valence-electron chi connectivity index (χ4n) is 1.50. The van der Waals surface area contributed by atoms with Gasteiger partial charge < -0.3 is 14.8 Å². The molecular weight excluding hydrogens is 246 g/mol. The van der Waals surface area contributed by atoms with Crippen LogP contribution in [0.15, 0.2) is 24.3 Å². The third-order valence-corrected chi connectivity index (χ3v) is 3.64. The van der Waals surface area contributed by atoms with E-state index in [-0.39, 0.29) is 0 Å². The second kappa shape index (κ2) is 9.11. The lowest BCUT2D eigenvalue weighted by Crippen LogP contribution is -2.32. The number of rotatable bonds is 9. The highest BCUT2D eigenvalue weighted by Crippen LogP contribution is 2.16. The molecule has 0 aliphatic carbocycles. The second-order valence-electron chi connectivity index (χ2n) is 4.04. The Labute approximate surface area is 114 Å². The quantitative estimate of drug-likeness (QED) is 0.698. The van der Waals surface area contributed by atoms with Crippen LogP contribution in [-0.2, 0) is 0 Å². The van der Waals surface area contributed by atoms with Crippen LogP contribution < -0.4 is 14.8 Å². The summed E-state index contributed by atoms with van der Waals surface area (Å²) in [6.07, 6.45) is 0. The molecule has 18 heavy (non-hydrogen) atoms. The Morgan fingerprint density at radius 3 is 2.50 bits per heavy atom. The van der Waals surface area contributed by atoms with Crippen LogP contribution in [0.5, 0.6) is 11.5 Å². The minimum Gasteiger partial charge on any atom is -0.497 e. The van der Waals surface area contributed by atoms with E-state index in [1.165, 1.54) is 5.75 Å². The highest BCUT2D eigenvalue weighted by molar-refractivity contribution is 7.99. The van der Waals surface area contributed by atoms with Gasteiger partial charge in [0.1, 0.15) is 18.1 Å². The standard InChI is InChI=1S/C14H23NO2S/c1-4-18-11-12(2)15-9-10-17-14-7-5-13(16-3)6-8-14/h5-8,12,15H,4,9-11H2,1-3H3. The summed E-state index contributed by atoms with van der Waals surface area (Å²) in [5.41, 5.74) is 0. The predicted octanol–water partition coefficient (Wildman–Crippen LogP) is 2.81. The molecule has 1 N–H and O–H groups in total. The number of benzene rings is 1. The molecule has 4 heteroatoms. The molecule has 0 fully saturated rings. The second-order valence-corrected chi connectivity index (χ2v) is 5.36. The van der Waals surface area contributed by atoms with Crippen LogP contribution in [0.4, 0.5) is 0 Å². The van der Waals surface area contributed by atoms with Crippen molar-refractivity contribution in [2.75, 3.05) is 31.8 Å². The van der Waals surface area contributed by atoms with Crippen LogP contribution in [0.25, 0.3) is 0 Å². The van der Waals surface area contributed by atoms with E-state index in [1.54, 1.807) is 7.11 Å². The minimum absolute atomic E-state index is 0.536. The van der Waals surface area contributed by atoms with E-state index in [2.05, 4.69) is 19.2 Å². The zero-order valence-electron chi connectivity index (χ0n) is 11.4. The minimum atomic E-state index is 0.536. The first kappa shape index (κ1) is 15.2. The molecule has 3 nitrogen and oxygen atoms in total. The van der Waals surface area contributed by atoms with Crippen LogP contribution in [0.2, 0.25) is 0 Å². The summed E-state index contributed by atoms with van der Waals surface area (Å²) in [6, 6.07) is 8.20. The molecule has 0 saturated heterocycles. The van der Waals surface area contributed by atoms with Gasteiger partial charge in [0.15, 0.2) is 0 Å². The molecule has 0 amide bonds. The first-order valence-electron chi connectivity index (χ1n) is 6.34. The molecule has 1 rings (SSSR count). The highest BCUT2D eigenvalue weighted by Gasteiger charge is 2.00. The number of nitrogens with one attached hydrogen (secondary N) is 1. The summed E-state index contributed by atoms with van der Waals surface area (Å²) in [5.74, 6) is 4.06. The van der Waals surface area contributed by atoms with Gasteiger partial charge in [0.05, 0.1) is 7.11 Å². The van der Waals surface area contributed by atoms with E-state index >= 15 is 0 Å². The summed E-state index contributed by atoms with van der Waals surface area (Å²) in [4.78, 5) is 0. The fraction of sp³-hybridized carbons (Fsp3) is 0.571. The number of thioether (sulfide) groups is 1. The molecule has 1 aromatic carbocycles. The maximum atomic E-state index is 5.64. The van der Waals surface area contributed by atoms with Crippen molar-refractivity contribution < 1.29 is 9.47 Å². The van der Waals surface area contributed by atoms with E-state index in [4.69, 9.17) is 9.47 Å². The van der Waals surface area contributed by atoms with Crippen molar-refractivity contribution in [3.63, 3.8) is 0 Å². The molecule has 102 valence electrons. The molecule has 0 saturated carbocycles. The molecule has 0 aromatic heterocycles. The molecule has 0 spiro atoms. The largest absolute Gasteiger partial charge is 0.497 e. The van der Waals surface area contributed by atoms with E-state index in [9.17, 15) is 0 Å². The Morgan fingerprint density at radius 2 is 1.89 bits per heavy atom. The lowest BCUT2D eigenvalue weighted by molar-refractivity contribution is 0.308. The first-order chi connectivity index (χ1) is 8.76. The van der Waals surface area contributed by atoms with Crippen LogP contribution >= 0.6 is 11.8 Å². The van der Waals surface area contributed by atoms with Crippen LogP contribution in [0.1, 0.15) is 13.8 Å². The molecule has 1 atom stereocenters. The maximum Gasteiger partial charge on any atom is 0.119 e. The number of ether oxygens (including phenoxy) is 2. The first-order valence-corrected chi connectivity index (χ1v) is 7.49. The van der Waals surface area contributed by atoms with Crippen molar-refractivity contribution in [1.82, 2.24) is 5.32 Å². The Bertz CT molecular complexity index is 316. The van der Waals surface area contributed by atoms with Gasteiger partial charge in [0, 0.05) is 18.3 Å². The monoisotopic (exact) mass is 269 g/mol. The average molecular weight is 269 g/mol. The summed E-state index contributed by atoms with van der Waals surface area (Å²) in [6.45, 7) is 5.95. The summed E-state index contributed by atoms with van der Waals surface area (Å²) >= 11 is 1.96. The van der Waals surface area contributed by atoms with Gasteiger partial charge in [-0.1, -0.05) is 6.92 Å². The van der Waals surface area contributed by atoms with Crippen molar-refractivity contribution in [1.29, 1.82) is 0 Å². The van der Waals surface area contributed by atoms with Gasteiger partial charge >= 0.3 is 0 Å². The molecule has 0 aliphatic rings. The molecule has 1 unspecified atom stereocenters. The van der Waals surface area contributed by atoms with Gasteiger partial charge in [-0.15, -0.1) is 0 Å². The molecule has 0 aliphatic heterocycles. The topological polar surface area (TPSA) is 30.5 Å². The molecule has 0 bridgehead atoms. The van der Waals surface area contributed by atoms with E-state index in [1.807, 2.05) is 36.0 Å². The molecule has 0 radical (unpaired) electrons. The number of methoxy groups -OCH3 is 1. The van der Waals surface area contributed by atoms with Crippen molar-refractivity contribution in [2.24, 2.45) is 0 Å². The highest BCUT2D eigenvalue weighted by atomic mass is 32.2. The lowest BCUT2D eigenvalue weighted by Gasteiger charge is -2.13. The van der Waals surface area contributed by atoms with Crippen LogP contribution in [0, 0.1) is 0 Å². The fourth-order valence-corrected chi connectivity index (χ4v) is 2.21. The number of hydrogen-bond acceptors (Lipinski definition) is 4. The van der Waals surface area contributed by atoms with Gasteiger partial charge in [-0.2, -0.15) is 11.8 Å². The summed E-state index contributed by atoms with van der Waals surface area (Å²) < 4.78 is 10.7. The van der Waals surface area contributed by atoms with Gasteiger partial charge in [-0.3, -0.25) is 0 Å². The Kier molecular flexibility index (Phi) is 7.69. The predicted molar refractivity (Wildman–Crippen MR) is 79.0 cm³/mol. The molecule has 1 aromatic rings. The van der Waals surface area contributed by atoms with E-state index in [0.717, 1.165) is 23.8 Å². The van der Waals surface area contributed by atoms with Crippen LogP contribution in [-0.4, -0.2) is 37.8 Å². The summed E-state index contributed by atoms with van der Waals surface area (Å²) in [5, 5.41) is 3.44. The van der Waals surface area contributed by atoms with Gasteiger partial charge in [0.25, 0.3) is 0 Å². The Balaban J connectivity index is 2.13. The van der Waals surface area contributed by atoms with E-state index < -0.39 is 0 Å². The molecular formula is C14H23NO2S. The Morgan fingerprint density at radius 1 is 1.22 bits per heavy atom. The van der Waals surface area contributed by atoms with Crippen molar-refractivity contribution in [3.05, 3.63) is 24.3 Å². The van der Waals surface area contributed by atoms with Crippen LogP contribution in [0.3, 0.4) is 0 Å². The van der Waals surface area contributed by atoms with Crippen molar-refractivity contribution >= 4 is 11.8 Å². The van der Waals surface area contributed by atoms with Crippen molar-refractivity contribution in [2.45, 2.75) is 19.9 Å². The smallest absolute Gasteiger partial charge is 0.119 e. The number of hydrogen-bond donors (Lipinski definition) is 1. The molecule has 0 heterocycles. The third-order valence-electron chi connectivity index (χ3n) is 2.50. The summed E-state index contributed by atoms with van der Waals surface area (Å²) in [7, 11) is 1.66. The van der Waals surface area contributed by atoms with Gasteiger partial charge in [0.2, 0.25) is 0 Å².